The Bertz CT molecular complexity index is 389. The Morgan fingerprint density at radius 1 is 1.00 bits per heavy atom. The zero-order chi connectivity index (χ0) is 11.2. The van der Waals surface area contributed by atoms with E-state index in [1.54, 1.807) is 0 Å². The average Bonchev–Trinajstić information content (AvgIpc) is 2.56. The lowest BCUT2D eigenvalue weighted by atomic mass is 10.0. The van der Waals surface area contributed by atoms with E-state index in [0.717, 1.165) is 10.0 Å². The zero-order valence-electron chi connectivity index (χ0n) is 9.51. The van der Waals surface area contributed by atoms with Crippen LogP contribution in [0.25, 0.3) is 0 Å². The first-order chi connectivity index (χ1) is 7.86. The van der Waals surface area contributed by atoms with Crippen LogP contribution in [0.3, 0.4) is 0 Å². The Labute approximate surface area is 107 Å². The Kier molecular flexibility index (Phi) is 4.48. The van der Waals surface area contributed by atoms with Crippen LogP contribution in [0.4, 0.5) is 0 Å². The number of hydrogen-bond donors (Lipinski definition) is 0. The molecule has 0 amide bonds. The van der Waals surface area contributed by atoms with Crippen LogP contribution in [0.15, 0.2) is 28.7 Å². The molecule has 1 fully saturated rings. The molecule has 16 heavy (non-hydrogen) atoms. The maximum atomic E-state index is 3.53. The maximum absolute atomic E-state index is 3.53. The van der Waals surface area contributed by atoms with Gasteiger partial charge in [-0.3, -0.25) is 0 Å². The summed E-state index contributed by atoms with van der Waals surface area (Å²) < 4.78 is 1.11. The van der Waals surface area contributed by atoms with Crippen molar-refractivity contribution in [3.05, 3.63) is 34.3 Å². The second-order valence-electron chi connectivity index (χ2n) is 4.44. The van der Waals surface area contributed by atoms with Gasteiger partial charge in [-0.15, -0.1) is 0 Å². The van der Waals surface area contributed by atoms with E-state index in [9.17, 15) is 0 Å². The van der Waals surface area contributed by atoms with Gasteiger partial charge in [0.15, 0.2) is 0 Å². The Morgan fingerprint density at radius 2 is 1.69 bits per heavy atom. The predicted octanol–water partition coefficient (Wildman–Crippen LogP) is 4.77. The van der Waals surface area contributed by atoms with Gasteiger partial charge in [0.25, 0.3) is 0 Å². The molecule has 0 spiro atoms. The molecule has 0 aromatic heterocycles. The highest BCUT2D eigenvalue weighted by Gasteiger charge is 2.08. The molecule has 0 nitrogen and oxygen atoms in total. The van der Waals surface area contributed by atoms with Crippen molar-refractivity contribution >= 4 is 15.9 Å². The number of rotatable bonds is 0. The van der Waals surface area contributed by atoms with Crippen molar-refractivity contribution in [3.63, 3.8) is 0 Å². The lowest BCUT2D eigenvalue weighted by Gasteiger charge is -2.04. The average molecular weight is 277 g/mol. The molecule has 1 aliphatic carbocycles. The summed E-state index contributed by atoms with van der Waals surface area (Å²) in [5.74, 6) is 7.37. The molecule has 1 aliphatic rings. The van der Waals surface area contributed by atoms with Crippen LogP contribution >= 0.6 is 15.9 Å². The fraction of sp³-hybridized carbons (Fsp3) is 0.467. The van der Waals surface area contributed by atoms with Crippen LogP contribution in [0, 0.1) is 17.8 Å². The first-order valence-electron chi connectivity index (χ1n) is 6.12. The normalized spacial score (nSPS) is 17.3. The van der Waals surface area contributed by atoms with Gasteiger partial charge in [-0.2, -0.15) is 0 Å². The molecule has 2 rings (SSSR count). The monoisotopic (exact) mass is 276 g/mol. The molecule has 0 N–H and O–H groups in total. The molecule has 0 radical (unpaired) electrons. The Hall–Kier alpha value is -0.740. The predicted molar refractivity (Wildman–Crippen MR) is 72.2 cm³/mol. The highest BCUT2D eigenvalue weighted by atomic mass is 79.9. The van der Waals surface area contributed by atoms with Gasteiger partial charge in [-0.1, -0.05) is 49.7 Å². The summed E-state index contributed by atoms with van der Waals surface area (Å²) in [6.07, 6.45) is 8.08. The van der Waals surface area contributed by atoms with Crippen molar-refractivity contribution < 1.29 is 0 Å². The first-order valence-corrected chi connectivity index (χ1v) is 6.91. The molecule has 0 saturated heterocycles. The van der Waals surface area contributed by atoms with E-state index in [0.29, 0.717) is 5.92 Å². The minimum atomic E-state index is 0.620. The summed E-state index contributed by atoms with van der Waals surface area (Å²) >= 11 is 3.53. The molecule has 1 heteroatoms. The molecule has 0 heterocycles. The van der Waals surface area contributed by atoms with Gasteiger partial charge < -0.3 is 0 Å². The number of benzene rings is 1. The molecule has 0 atom stereocenters. The van der Waals surface area contributed by atoms with Crippen molar-refractivity contribution in [2.45, 2.75) is 38.5 Å². The second-order valence-corrected chi connectivity index (χ2v) is 5.29. The van der Waals surface area contributed by atoms with E-state index >= 15 is 0 Å². The van der Waals surface area contributed by atoms with Crippen LogP contribution in [-0.4, -0.2) is 0 Å². The highest BCUT2D eigenvalue weighted by molar-refractivity contribution is 9.10. The van der Waals surface area contributed by atoms with Crippen molar-refractivity contribution in [1.82, 2.24) is 0 Å². The molecule has 1 aromatic rings. The molecule has 0 unspecified atom stereocenters. The first kappa shape index (κ1) is 11.7. The van der Waals surface area contributed by atoms with Gasteiger partial charge in [0, 0.05) is 16.0 Å². The molecule has 84 valence electrons. The lowest BCUT2D eigenvalue weighted by Crippen LogP contribution is -1.94. The number of halogens is 1. The van der Waals surface area contributed by atoms with Crippen LogP contribution < -0.4 is 0 Å². The molecule has 0 bridgehead atoms. The molecule has 0 aliphatic heterocycles. The van der Waals surface area contributed by atoms with Crippen LogP contribution in [0.5, 0.6) is 0 Å². The van der Waals surface area contributed by atoms with E-state index in [1.165, 1.54) is 38.5 Å². The van der Waals surface area contributed by atoms with Crippen LogP contribution in [0.1, 0.15) is 44.1 Å². The smallest absolute Gasteiger partial charge is 0.0387 e. The molecular formula is C15H17Br. The van der Waals surface area contributed by atoms with E-state index in [2.05, 4.69) is 39.9 Å². The van der Waals surface area contributed by atoms with Gasteiger partial charge in [-0.25, -0.2) is 0 Å². The Balaban J connectivity index is 2.06. The van der Waals surface area contributed by atoms with Crippen LogP contribution in [-0.2, 0) is 0 Å². The summed E-state index contributed by atoms with van der Waals surface area (Å²) in [7, 11) is 0. The van der Waals surface area contributed by atoms with Crippen molar-refractivity contribution in [2.75, 3.05) is 0 Å². The molecule has 1 aromatic carbocycles. The molecule has 1 saturated carbocycles. The quantitative estimate of drug-likeness (QED) is 0.473. The highest BCUT2D eigenvalue weighted by Crippen LogP contribution is 2.22. The van der Waals surface area contributed by atoms with E-state index in [-0.39, 0.29) is 0 Å². The van der Waals surface area contributed by atoms with Gasteiger partial charge >= 0.3 is 0 Å². The minimum Gasteiger partial charge on any atom is -0.0944 e. The van der Waals surface area contributed by atoms with Gasteiger partial charge in [0.05, 0.1) is 0 Å². The van der Waals surface area contributed by atoms with E-state index in [1.807, 2.05) is 12.1 Å². The summed E-state index contributed by atoms with van der Waals surface area (Å²) in [4.78, 5) is 0. The largest absolute Gasteiger partial charge is 0.0944 e. The Morgan fingerprint density at radius 3 is 2.38 bits per heavy atom. The van der Waals surface area contributed by atoms with E-state index in [4.69, 9.17) is 0 Å². The van der Waals surface area contributed by atoms with Gasteiger partial charge in [-0.05, 0) is 40.9 Å². The van der Waals surface area contributed by atoms with Gasteiger partial charge in [0.2, 0.25) is 0 Å². The fourth-order valence-corrected chi connectivity index (χ4v) is 2.55. The lowest BCUT2D eigenvalue weighted by molar-refractivity contribution is 0.577. The van der Waals surface area contributed by atoms with Gasteiger partial charge in [0.1, 0.15) is 0 Å². The second kappa shape index (κ2) is 6.11. The SMILES string of the molecule is Brc1ccccc1C#CC1CCCCCC1. The third-order valence-electron chi connectivity index (χ3n) is 3.14. The minimum absolute atomic E-state index is 0.620. The zero-order valence-corrected chi connectivity index (χ0v) is 11.1. The van der Waals surface area contributed by atoms with Crippen molar-refractivity contribution in [3.8, 4) is 11.8 Å². The topological polar surface area (TPSA) is 0 Å². The summed E-state index contributed by atoms with van der Waals surface area (Å²) in [5, 5.41) is 0. The fourth-order valence-electron chi connectivity index (χ4n) is 2.17. The third kappa shape index (κ3) is 3.39. The van der Waals surface area contributed by atoms with Crippen LogP contribution in [0.2, 0.25) is 0 Å². The van der Waals surface area contributed by atoms with Crippen molar-refractivity contribution in [1.29, 1.82) is 0 Å². The summed E-state index contributed by atoms with van der Waals surface area (Å²) in [6.45, 7) is 0. The number of hydrogen-bond acceptors (Lipinski definition) is 0. The standard InChI is InChI=1S/C15H17Br/c16-15-10-6-5-9-14(15)12-11-13-7-3-1-2-4-8-13/h5-6,9-10,13H,1-4,7-8H2. The van der Waals surface area contributed by atoms with E-state index < -0.39 is 0 Å². The molecular weight excluding hydrogens is 260 g/mol. The third-order valence-corrected chi connectivity index (χ3v) is 3.83. The van der Waals surface area contributed by atoms with Crippen molar-refractivity contribution in [2.24, 2.45) is 5.92 Å². The summed E-state index contributed by atoms with van der Waals surface area (Å²) in [6, 6.07) is 8.20. The maximum Gasteiger partial charge on any atom is 0.0387 e. The summed E-state index contributed by atoms with van der Waals surface area (Å²) in [5.41, 5.74) is 1.12.